The predicted octanol–water partition coefficient (Wildman–Crippen LogP) is 2.91. The van der Waals surface area contributed by atoms with Crippen LogP contribution in [0, 0.1) is 6.92 Å². The van der Waals surface area contributed by atoms with Gasteiger partial charge in [0.05, 0.1) is 25.6 Å². The van der Waals surface area contributed by atoms with Crippen molar-refractivity contribution in [2.45, 2.75) is 19.9 Å². The van der Waals surface area contributed by atoms with Crippen LogP contribution in [-0.4, -0.2) is 31.2 Å². The zero-order valence-corrected chi connectivity index (χ0v) is 13.8. The highest BCUT2D eigenvalue weighted by atomic mass is 32.1. The number of rotatable bonds is 6. The summed E-state index contributed by atoms with van der Waals surface area (Å²) in [6.07, 6.45) is 0. The molecule has 1 aromatic heterocycles. The second-order valence-electron chi connectivity index (χ2n) is 4.72. The molecule has 7 heteroatoms. The maximum Gasteiger partial charge on any atom is 0.248 e. The van der Waals surface area contributed by atoms with Gasteiger partial charge in [-0.2, -0.15) is 0 Å². The number of carbonyl (C=O) groups is 1. The molecule has 0 unspecified atom stereocenters. The van der Waals surface area contributed by atoms with Crippen molar-refractivity contribution in [3.8, 4) is 11.5 Å². The van der Waals surface area contributed by atoms with Gasteiger partial charge in [0, 0.05) is 11.4 Å². The number of nitrogens with zero attached hydrogens (tertiary/aromatic N) is 1. The Labute approximate surface area is 133 Å². The molecule has 0 fully saturated rings. The zero-order valence-electron chi connectivity index (χ0n) is 13.0. The average Bonchev–Trinajstić information content (AvgIpc) is 2.92. The van der Waals surface area contributed by atoms with Crippen LogP contribution in [0.2, 0.25) is 0 Å². The van der Waals surface area contributed by atoms with E-state index in [9.17, 15) is 4.79 Å². The van der Waals surface area contributed by atoms with E-state index in [-0.39, 0.29) is 5.91 Å². The Morgan fingerprint density at radius 1 is 1.32 bits per heavy atom. The van der Waals surface area contributed by atoms with Crippen LogP contribution in [0.15, 0.2) is 23.6 Å². The Bertz CT molecular complexity index is 657. The van der Waals surface area contributed by atoms with Gasteiger partial charge in [-0.1, -0.05) is 0 Å². The van der Waals surface area contributed by atoms with Gasteiger partial charge >= 0.3 is 0 Å². The predicted molar refractivity (Wildman–Crippen MR) is 88.1 cm³/mol. The van der Waals surface area contributed by atoms with E-state index in [1.54, 1.807) is 33.3 Å². The highest BCUT2D eigenvalue weighted by molar-refractivity contribution is 7.13. The molecule has 1 aromatic carbocycles. The van der Waals surface area contributed by atoms with E-state index in [1.807, 2.05) is 18.4 Å². The van der Waals surface area contributed by atoms with Crippen molar-refractivity contribution in [3.63, 3.8) is 0 Å². The highest BCUT2D eigenvalue weighted by Gasteiger charge is 2.16. The third-order valence-corrected chi connectivity index (χ3v) is 3.90. The second kappa shape index (κ2) is 7.13. The lowest BCUT2D eigenvalue weighted by molar-refractivity contribution is -0.116. The molecule has 0 bridgehead atoms. The molecule has 1 heterocycles. The molecule has 0 aliphatic carbocycles. The number of aryl methyl sites for hydroxylation is 1. The highest BCUT2D eigenvalue weighted by Crippen LogP contribution is 2.29. The fourth-order valence-corrected chi connectivity index (χ4v) is 2.53. The van der Waals surface area contributed by atoms with E-state index >= 15 is 0 Å². The molecule has 0 saturated carbocycles. The van der Waals surface area contributed by atoms with E-state index < -0.39 is 6.04 Å². The summed E-state index contributed by atoms with van der Waals surface area (Å²) in [6, 6.07) is 4.94. The molecule has 0 saturated heterocycles. The van der Waals surface area contributed by atoms with E-state index in [0.29, 0.717) is 16.6 Å². The number of ether oxygens (including phenoxy) is 2. The third-order valence-electron chi connectivity index (χ3n) is 3.02. The summed E-state index contributed by atoms with van der Waals surface area (Å²) in [5, 5.41) is 8.39. The molecule has 0 spiro atoms. The van der Waals surface area contributed by atoms with E-state index in [1.165, 1.54) is 11.3 Å². The maximum absolute atomic E-state index is 12.2. The lowest BCUT2D eigenvalue weighted by Crippen LogP contribution is -2.32. The van der Waals surface area contributed by atoms with Crippen LogP contribution in [-0.2, 0) is 4.79 Å². The molecule has 0 radical (unpaired) electrons. The molecular weight excluding hydrogens is 302 g/mol. The van der Waals surface area contributed by atoms with Crippen molar-refractivity contribution < 1.29 is 14.3 Å². The van der Waals surface area contributed by atoms with Gasteiger partial charge in [-0.05, 0) is 26.0 Å². The molecule has 1 amide bonds. The Kier molecular flexibility index (Phi) is 5.21. The van der Waals surface area contributed by atoms with Crippen LogP contribution < -0.4 is 20.1 Å². The Morgan fingerprint density at radius 3 is 2.68 bits per heavy atom. The van der Waals surface area contributed by atoms with Crippen molar-refractivity contribution in [1.82, 2.24) is 4.98 Å². The summed E-state index contributed by atoms with van der Waals surface area (Å²) >= 11 is 1.40. The molecule has 2 rings (SSSR count). The van der Waals surface area contributed by atoms with E-state index in [2.05, 4.69) is 15.6 Å². The quantitative estimate of drug-likeness (QED) is 0.856. The summed E-state index contributed by atoms with van der Waals surface area (Å²) in [7, 11) is 3.16. The number of amides is 1. The minimum Gasteiger partial charge on any atom is -0.497 e. The summed E-state index contributed by atoms with van der Waals surface area (Å²) in [5.41, 5.74) is 1.61. The lowest BCUT2D eigenvalue weighted by Gasteiger charge is -2.17. The number of methoxy groups -OCH3 is 2. The fourth-order valence-electron chi connectivity index (χ4n) is 1.84. The zero-order chi connectivity index (χ0) is 16.1. The van der Waals surface area contributed by atoms with Gasteiger partial charge in [0.2, 0.25) is 5.91 Å². The maximum atomic E-state index is 12.2. The molecule has 0 aliphatic heterocycles. The Morgan fingerprint density at radius 2 is 2.09 bits per heavy atom. The standard InChI is InChI=1S/C15H19N3O3S/c1-9-8-22-15(16-9)18-14(19)10(2)17-12-6-5-11(20-3)7-13(12)21-4/h5-8,10,17H,1-4H3,(H,16,18,19)/t10-/m1/s1. The van der Waals surface area contributed by atoms with Crippen molar-refractivity contribution in [2.24, 2.45) is 0 Å². The topological polar surface area (TPSA) is 72.5 Å². The van der Waals surface area contributed by atoms with Crippen LogP contribution in [0.3, 0.4) is 0 Å². The first-order valence-corrected chi connectivity index (χ1v) is 7.63. The Balaban J connectivity index is 2.04. The van der Waals surface area contributed by atoms with Gasteiger partial charge in [0.25, 0.3) is 0 Å². The van der Waals surface area contributed by atoms with Crippen LogP contribution in [0.25, 0.3) is 0 Å². The largest absolute Gasteiger partial charge is 0.497 e. The summed E-state index contributed by atoms with van der Waals surface area (Å²) in [5.74, 6) is 1.15. The van der Waals surface area contributed by atoms with E-state index in [4.69, 9.17) is 9.47 Å². The van der Waals surface area contributed by atoms with Crippen molar-refractivity contribution in [1.29, 1.82) is 0 Å². The van der Waals surface area contributed by atoms with Crippen molar-refractivity contribution >= 4 is 28.1 Å². The van der Waals surface area contributed by atoms with Crippen LogP contribution in [0.1, 0.15) is 12.6 Å². The number of thiazole rings is 1. The molecule has 1 atom stereocenters. The number of hydrogen-bond acceptors (Lipinski definition) is 6. The molecule has 22 heavy (non-hydrogen) atoms. The normalized spacial score (nSPS) is 11.6. The monoisotopic (exact) mass is 321 g/mol. The number of nitrogens with one attached hydrogen (secondary N) is 2. The first-order chi connectivity index (χ1) is 10.5. The molecular formula is C15H19N3O3S. The lowest BCUT2D eigenvalue weighted by atomic mass is 10.2. The number of carbonyl (C=O) groups excluding carboxylic acids is 1. The van der Waals surface area contributed by atoms with Gasteiger partial charge in [0.15, 0.2) is 5.13 Å². The summed E-state index contributed by atoms with van der Waals surface area (Å²) in [4.78, 5) is 16.4. The first kappa shape index (κ1) is 16.1. The number of aromatic nitrogens is 1. The van der Waals surface area contributed by atoms with Gasteiger partial charge in [-0.15, -0.1) is 11.3 Å². The molecule has 2 N–H and O–H groups in total. The third kappa shape index (κ3) is 3.88. The smallest absolute Gasteiger partial charge is 0.248 e. The van der Waals surface area contributed by atoms with Crippen LogP contribution >= 0.6 is 11.3 Å². The minimum absolute atomic E-state index is 0.160. The summed E-state index contributed by atoms with van der Waals surface area (Å²) in [6.45, 7) is 3.66. The van der Waals surface area contributed by atoms with Crippen molar-refractivity contribution in [2.75, 3.05) is 24.9 Å². The fraction of sp³-hybridized carbons (Fsp3) is 0.333. The Hall–Kier alpha value is -2.28. The molecule has 0 aliphatic rings. The average molecular weight is 321 g/mol. The van der Waals surface area contributed by atoms with Crippen LogP contribution in [0.4, 0.5) is 10.8 Å². The van der Waals surface area contributed by atoms with Gasteiger partial charge in [-0.3, -0.25) is 4.79 Å². The van der Waals surface area contributed by atoms with Gasteiger partial charge in [0.1, 0.15) is 17.5 Å². The minimum atomic E-state index is -0.438. The molecule has 6 nitrogen and oxygen atoms in total. The number of hydrogen-bond donors (Lipinski definition) is 2. The van der Waals surface area contributed by atoms with Gasteiger partial charge < -0.3 is 20.1 Å². The van der Waals surface area contributed by atoms with E-state index in [0.717, 1.165) is 11.4 Å². The van der Waals surface area contributed by atoms with Crippen LogP contribution in [0.5, 0.6) is 11.5 Å². The summed E-state index contributed by atoms with van der Waals surface area (Å²) < 4.78 is 10.5. The second-order valence-corrected chi connectivity index (χ2v) is 5.57. The van der Waals surface area contributed by atoms with Crippen molar-refractivity contribution in [3.05, 3.63) is 29.3 Å². The SMILES string of the molecule is COc1ccc(N[C@H](C)C(=O)Nc2nc(C)cs2)c(OC)c1. The molecule has 118 valence electrons. The number of anilines is 2. The molecule has 2 aromatic rings. The number of benzene rings is 1. The van der Waals surface area contributed by atoms with Gasteiger partial charge in [-0.25, -0.2) is 4.98 Å². The first-order valence-electron chi connectivity index (χ1n) is 6.75.